The zero-order chi connectivity index (χ0) is 21.3. The Morgan fingerprint density at radius 2 is 1.71 bits per heavy atom. The first-order chi connectivity index (χ1) is 14.6. The van der Waals surface area contributed by atoms with Gasteiger partial charge in [-0.25, -0.2) is 4.99 Å². The average Bonchev–Trinajstić information content (AvgIpc) is 2.78. The molecule has 2 aliphatic heterocycles. The Hall–Kier alpha value is -1.35. The first-order valence-corrected chi connectivity index (χ1v) is 11.7. The lowest BCUT2D eigenvalue weighted by Gasteiger charge is -2.35. The molecule has 0 aliphatic carbocycles. The van der Waals surface area contributed by atoms with Crippen LogP contribution >= 0.6 is 24.0 Å². The molecule has 0 unspecified atom stereocenters. The second kappa shape index (κ2) is 13.3. The van der Waals surface area contributed by atoms with Crippen molar-refractivity contribution in [3.8, 4) is 0 Å². The molecule has 2 aliphatic rings. The summed E-state index contributed by atoms with van der Waals surface area (Å²) in [5, 5.41) is 6.98. The quantitative estimate of drug-likeness (QED) is 0.327. The van der Waals surface area contributed by atoms with Crippen molar-refractivity contribution in [3.05, 3.63) is 35.4 Å². The molecular formula is C24H40IN5O. The van der Waals surface area contributed by atoms with Crippen LogP contribution in [0.4, 0.5) is 0 Å². The average molecular weight is 542 g/mol. The lowest BCUT2D eigenvalue weighted by atomic mass is 10.0. The van der Waals surface area contributed by atoms with E-state index in [1.807, 2.05) is 29.2 Å². The number of nitrogens with one attached hydrogen (secondary N) is 2. The lowest BCUT2D eigenvalue weighted by Crippen LogP contribution is -2.49. The summed E-state index contributed by atoms with van der Waals surface area (Å²) in [6.07, 6.45) is 5.77. The van der Waals surface area contributed by atoms with E-state index in [9.17, 15) is 4.79 Å². The number of nitrogens with zero attached hydrogens (tertiary/aromatic N) is 3. The van der Waals surface area contributed by atoms with Crippen molar-refractivity contribution < 1.29 is 4.79 Å². The third kappa shape index (κ3) is 7.93. The molecule has 2 fully saturated rings. The Bertz CT molecular complexity index is 692. The summed E-state index contributed by atoms with van der Waals surface area (Å²) in [7, 11) is 0. The topological polar surface area (TPSA) is 60.0 Å². The molecule has 2 saturated heterocycles. The van der Waals surface area contributed by atoms with E-state index in [-0.39, 0.29) is 29.9 Å². The molecule has 0 aromatic heterocycles. The van der Waals surface area contributed by atoms with Crippen LogP contribution in [0.1, 0.15) is 68.8 Å². The predicted molar refractivity (Wildman–Crippen MR) is 139 cm³/mol. The molecule has 0 radical (unpaired) electrons. The van der Waals surface area contributed by atoms with Gasteiger partial charge in [-0.05, 0) is 70.6 Å². The number of rotatable bonds is 6. The maximum absolute atomic E-state index is 12.6. The zero-order valence-electron chi connectivity index (χ0n) is 19.4. The number of hydrogen-bond donors (Lipinski definition) is 2. The molecule has 1 amide bonds. The molecule has 2 heterocycles. The van der Waals surface area contributed by atoms with Gasteiger partial charge in [0.2, 0.25) is 0 Å². The van der Waals surface area contributed by atoms with Crippen LogP contribution in [0.2, 0.25) is 0 Å². The first kappa shape index (κ1) is 25.9. The van der Waals surface area contributed by atoms with E-state index in [1.54, 1.807) is 0 Å². The molecule has 0 atom stereocenters. The van der Waals surface area contributed by atoms with Gasteiger partial charge in [0.05, 0.1) is 6.54 Å². The molecule has 7 heteroatoms. The minimum atomic E-state index is 0. The summed E-state index contributed by atoms with van der Waals surface area (Å²) in [5.41, 5.74) is 1.91. The molecule has 0 bridgehead atoms. The second-order valence-electron chi connectivity index (χ2n) is 8.79. The van der Waals surface area contributed by atoms with Crippen LogP contribution in [0.15, 0.2) is 29.3 Å². The Kier molecular flexibility index (Phi) is 11.1. The van der Waals surface area contributed by atoms with Crippen molar-refractivity contribution in [1.29, 1.82) is 0 Å². The van der Waals surface area contributed by atoms with Crippen LogP contribution in [0.5, 0.6) is 0 Å². The SMILES string of the molecule is CCNC(=NCc1ccc(C(=O)N2CCCCC2)cc1)NC1CCN(C(C)C)CC1.I. The van der Waals surface area contributed by atoms with Crippen molar-refractivity contribution >= 4 is 35.8 Å². The highest BCUT2D eigenvalue weighted by molar-refractivity contribution is 14.0. The van der Waals surface area contributed by atoms with Gasteiger partial charge in [0.25, 0.3) is 5.91 Å². The van der Waals surface area contributed by atoms with E-state index in [0.717, 1.165) is 75.5 Å². The largest absolute Gasteiger partial charge is 0.357 e. The molecule has 2 N–H and O–H groups in total. The van der Waals surface area contributed by atoms with Gasteiger partial charge in [-0.3, -0.25) is 4.79 Å². The molecule has 3 rings (SSSR count). The Balaban J connectivity index is 0.00000341. The van der Waals surface area contributed by atoms with Crippen LogP contribution < -0.4 is 10.6 Å². The Labute approximate surface area is 205 Å². The van der Waals surface area contributed by atoms with E-state index < -0.39 is 0 Å². The van der Waals surface area contributed by atoms with Gasteiger partial charge in [-0.2, -0.15) is 0 Å². The van der Waals surface area contributed by atoms with E-state index in [4.69, 9.17) is 4.99 Å². The van der Waals surface area contributed by atoms with Crippen LogP contribution in [-0.2, 0) is 6.54 Å². The maximum Gasteiger partial charge on any atom is 0.253 e. The van der Waals surface area contributed by atoms with Gasteiger partial charge in [0, 0.05) is 50.4 Å². The van der Waals surface area contributed by atoms with Gasteiger partial charge in [0.15, 0.2) is 5.96 Å². The highest BCUT2D eigenvalue weighted by atomic mass is 127. The zero-order valence-corrected chi connectivity index (χ0v) is 21.7. The highest BCUT2D eigenvalue weighted by Crippen LogP contribution is 2.15. The molecule has 0 spiro atoms. The van der Waals surface area contributed by atoms with Crippen LogP contribution in [0, 0.1) is 0 Å². The molecular weight excluding hydrogens is 501 g/mol. The highest BCUT2D eigenvalue weighted by Gasteiger charge is 2.21. The van der Waals surface area contributed by atoms with Crippen molar-refractivity contribution in [1.82, 2.24) is 20.4 Å². The summed E-state index contributed by atoms with van der Waals surface area (Å²) < 4.78 is 0. The molecule has 174 valence electrons. The number of likely N-dealkylation sites (tertiary alicyclic amines) is 2. The van der Waals surface area contributed by atoms with Gasteiger partial charge >= 0.3 is 0 Å². The monoisotopic (exact) mass is 541 g/mol. The molecule has 31 heavy (non-hydrogen) atoms. The van der Waals surface area contributed by atoms with Gasteiger partial charge in [-0.1, -0.05) is 12.1 Å². The number of halogens is 1. The Morgan fingerprint density at radius 3 is 2.29 bits per heavy atom. The summed E-state index contributed by atoms with van der Waals surface area (Å²) in [6.45, 7) is 12.1. The maximum atomic E-state index is 12.6. The van der Waals surface area contributed by atoms with Gasteiger partial charge < -0.3 is 20.4 Å². The van der Waals surface area contributed by atoms with Crippen molar-refractivity contribution in [2.24, 2.45) is 4.99 Å². The number of amides is 1. The van der Waals surface area contributed by atoms with Crippen molar-refractivity contribution in [2.75, 3.05) is 32.7 Å². The number of benzene rings is 1. The van der Waals surface area contributed by atoms with Gasteiger partial charge in [-0.15, -0.1) is 24.0 Å². The minimum absolute atomic E-state index is 0. The van der Waals surface area contributed by atoms with Gasteiger partial charge in [0.1, 0.15) is 0 Å². The summed E-state index contributed by atoms with van der Waals surface area (Å²) >= 11 is 0. The number of guanidine groups is 1. The summed E-state index contributed by atoms with van der Waals surface area (Å²) in [5.74, 6) is 1.04. The second-order valence-corrected chi connectivity index (χ2v) is 8.79. The van der Waals surface area contributed by atoms with E-state index in [2.05, 4.69) is 36.3 Å². The van der Waals surface area contributed by atoms with Crippen LogP contribution in [0.25, 0.3) is 0 Å². The number of carbonyl (C=O) groups excluding carboxylic acids is 1. The molecule has 6 nitrogen and oxygen atoms in total. The fourth-order valence-corrected chi connectivity index (χ4v) is 4.28. The fourth-order valence-electron chi connectivity index (χ4n) is 4.28. The smallest absolute Gasteiger partial charge is 0.253 e. The molecule has 1 aromatic rings. The van der Waals surface area contributed by atoms with Crippen LogP contribution in [-0.4, -0.2) is 66.5 Å². The lowest BCUT2D eigenvalue weighted by molar-refractivity contribution is 0.0724. The Morgan fingerprint density at radius 1 is 1.06 bits per heavy atom. The van der Waals surface area contributed by atoms with Crippen molar-refractivity contribution in [3.63, 3.8) is 0 Å². The van der Waals surface area contributed by atoms with E-state index in [0.29, 0.717) is 18.6 Å². The van der Waals surface area contributed by atoms with Crippen molar-refractivity contribution in [2.45, 2.75) is 71.5 Å². The minimum Gasteiger partial charge on any atom is -0.357 e. The van der Waals surface area contributed by atoms with Crippen LogP contribution in [0.3, 0.4) is 0 Å². The van der Waals surface area contributed by atoms with E-state index in [1.165, 1.54) is 6.42 Å². The number of hydrogen-bond acceptors (Lipinski definition) is 3. The molecule has 1 aromatic carbocycles. The fraction of sp³-hybridized carbons (Fsp3) is 0.667. The third-order valence-electron chi connectivity index (χ3n) is 6.21. The first-order valence-electron chi connectivity index (χ1n) is 11.7. The number of carbonyl (C=O) groups is 1. The normalized spacial score (nSPS) is 18.6. The number of aliphatic imine (C=N–C) groups is 1. The number of piperidine rings is 2. The molecule has 0 saturated carbocycles. The standard InChI is InChI=1S/C24H39N5O.HI/c1-4-25-24(27-22-12-16-28(17-13-22)19(2)3)26-18-20-8-10-21(11-9-20)23(30)29-14-6-5-7-15-29;/h8-11,19,22H,4-7,12-18H2,1-3H3,(H2,25,26,27);1H. The van der Waals surface area contributed by atoms with E-state index >= 15 is 0 Å². The summed E-state index contributed by atoms with van der Waals surface area (Å²) in [4.78, 5) is 21.9. The third-order valence-corrected chi connectivity index (χ3v) is 6.21. The predicted octanol–water partition coefficient (Wildman–Crippen LogP) is 3.86. The summed E-state index contributed by atoms with van der Waals surface area (Å²) in [6, 6.07) is 9.06.